The van der Waals surface area contributed by atoms with Gasteiger partial charge in [0.15, 0.2) is 5.82 Å². The maximum Gasteiger partial charge on any atom is 0.417 e. The van der Waals surface area contributed by atoms with E-state index in [9.17, 15) is 18.0 Å². The van der Waals surface area contributed by atoms with Crippen molar-refractivity contribution in [2.75, 3.05) is 0 Å². The molecular weight excluding hydrogens is 335 g/mol. The Labute approximate surface area is 140 Å². The van der Waals surface area contributed by atoms with E-state index < -0.39 is 23.2 Å². The first-order chi connectivity index (χ1) is 12.0. The molecule has 0 unspecified atom stereocenters. The van der Waals surface area contributed by atoms with Crippen LogP contribution in [-0.4, -0.2) is 26.1 Å². The van der Waals surface area contributed by atoms with Gasteiger partial charge >= 0.3 is 6.18 Å². The summed E-state index contributed by atoms with van der Waals surface area (Å²) in [5.74, 6) is -0.556. The molecule has 3 rings (SSSR count). The molecule has 0 aliphatic rings. The Morgan fingerprint density at radius 2 is 1.72 bits per heavy atom. The van der Waals surface area contributed by atoms with E-state index in [1.807, 2.05) is 6.07 Å². The van der Waals surface area contributed by atoms with Gasteiger partial charge in [-0.2, -0.15) is 17.9 Å². The zero-order valence-corrected chi connectivity index (χ0v) is 12.7. The van der Waals surface area contributed by atoms with E-state index in [0.29, 0.717) is 11.5 Å². The van der Waals surface area contributed by atoms with Crippen LogP contribution in [0.2, 0.25) is 0 Å². The summed E-state index contributed by atoms with van der Waals surface area (Å²) in [5.41, 5.74) is -0.767. The quantitative estimate of drug-likeness (QED) is 0.787. The zero-order valence-electron chi connectivity index (χ0n) is 12.7. The molecule has 0 atom stereocenters. The number of hydrogen-bond donors (Lipinski definition) is 1. The lowest BCUT2D eigenvalue weighted by atomic mass is 10.1. The van der Waals surface area contributed by atoms with Gasteiger partial charge in [0.25, 0.3) is 5.91 Å². The van der Waals surface area contributed by atoms with Gasteiger partial charge in [0, 0.05) is 0 Å². The third-order valence-electron chi connectivity index (χ3n) is 3.42. The number of halogens is 3. The molecule has 0 aliphatic carbocycles. The number of rotatable bonds is 4. The molecule has 0 saturated carbocycles. The van der Waals surface area contributed by atoms with Crippen LogP contribution >= 0.6 is 0 Å². The van der Waals surface area contributed by atoms with E-state index in [-0.39, 0.29) is 6.54 Å². The Balaban J connectivity index is 1.78. The number of nitrogens with zero attached hydrogens (tertiary/aromatic N) is 4. The van der Waals surface area contributed by atoms with Crippen molar-refractivity contribution < 1.29 is 18.0 Å². The third-order valence-corrected chi connectivity index (χ3v) is 3.42. The van der Waals surface area contributed by atoms with E-state index in [2.05, 4.69) is 20.8 Å². The number of carbonyl (C=O) groups excluding carboxylic acids is 1. The molecule has 0 radical (unpaired) electrons. The highest BCUT2D eigenvalue weighted by Crippen LogP contribution is 2.31. The van der Waals surface area contributed by atoms with Gasteiger partial charge in [0.2, 0.25) is 0 Å². The van der Waals surface area contributed by atoms with Crippen molar-refractivity contribution in [1.29, 1.82) is 0 Å². The summed E-state index contributed by atoms with van der Waals surface area (Å²) in [4.78, 5) is 12.2. The molecule has 0 spiro atoms. The molecule has 128 valence electrons. The summed E-state index contributed by atoms with van der Waals surface area (Å²) in [6, 6.07) is 13.5. The first-order valence-electron chi connectivity index (χ1n) is 7.24. The van der Waals surface area contributed by atoms with E-state index in [4.69, 9.17) is 0 Å². The molecule has 6 nitrogen and oxygen atoms in total. The fraction of sp³-hybridized carbons (Fsp3) is 0.125. The predicted molar refractivity (Wildman–Crippen MR) is 81.8 cm³/mol. The number of aromatic nitrogens is 4. The van der Waals surface area contributed by atoms with Crippen LogP contribution in [0.5, 0.6) is 0 Å². The largest absolute Gasteiger partial charge is 0.417 e. The van der Waals surface area contributed by atoms with Crippen LogP contribution in [0.3, 0.4) is 0 Å². The summed E-state index contributed by atoms with van der Waals surface area (Å²) in [7, 11) is 0. The fourth-order valence-corrected chi connectivity index (χ4v) is 2.27. The van der Waals surface area contributed by atoms with Crippen molar-refractivity contribution >= 4 is 5.91 Å². The van der Waals surface area contributed by atoms with Crippen LogP contribution in [0.1, 0.15) is 21.7 Å². The first kappa shape index (κ1) is 16.6. The molecule has 0 bridgehead atoms. The Morgan fingerprint density at radius 1 is 1.04 bits per heavy atom. The highest BCUT2D eigenvalue weighted by molar-refractivity contribution is 5.95. The van der Waals surface area contributed by atoms with E-state index in [1.165, 1.54) is 16.8 Å². The normalized spacial score (nSPS) is 11.3. The molecule has 0 saturated heterocycles. The summed E-state index contributed by atoms with van der Waals surface area (Å²) >= 11 is 0. The van der Waals surface area contributed by atoms with Crippen molar-refractivity contribution in [2.45, 2.75) is 12.7 Å². The molecule has 1 aromatic heterocycles. The number of amides is 1. The van der Waals surface area contributed by atoms with Crippen LogP contribution in [-0.2, 0) is 12.7 Å². The number of para-hydroxylation sites is 1. The van der Waals surface area contributed by atoms with Gasteiger partial charge in [0.05, 0.1) is 23.4 Å². The lowest BCUT2D eigenvalue weighted by molar-refractivity contribution is -0.137. The van der Waals surface area contributed by atoms with Crippen LogP contribution < -0.4 is 5.32 Å². The standard InChI is InChI=1S/C16H12F3N5O/c17-16(18,19)13-9-5-4-8-12(13)15(25)20-10-14-21-22-23-24(14)11-6-2-1-3-7-11/h1-9H,10H2,(H,20,25). The number of tetrazole rings is 1. The molecule has 2 aromatic carbocycles. The second-order valence-corrected chi connectivity index (χ2v) is 5.07. The topological polar surface area (TPSA) is 72.7 Å². The van der Waals surface area contributed by atoms with Crippen LogP contribution in [0.4, 0.5) is 13.2 Å². The van der Waals surface area contributed by atoms with E-state index >= 15 is 0 Å². The number of nitrogens with one attached hydrogen (secondary N) is 1. The second-order valence-electron chi connectivity index (χ2n) is 5.07. The molecular formula is C16H12F3N5O. The van der Waals surface area contributed by atoms with Crippen molar-refractivity contribution in [3.05, 3.63) is 71.5 Å². The van der Waals surface area contributed by atoms with Crippen LogP contribution in [0.15, 0.2) is 54.6 Å². The SMILES string of the molecule is O=C(NCc1nnnn1-c1ccccc1)c1ccccc1C(F)(F)F. The third kappa shape index (κ3) is 3.65. The van der Waals surface area contributed by atoms with Crippen LogP contribution in [0.25, 0.3) is 5.69 Å². The summed E-state index contributed by atoms with van der Waals surface area (Å²) in [6.45, 7) is -0.118. The Bertz CT molecular complexity index is 877. The minimum atomic E-state index is -4.61. The first-order valence-corrected chi connectivity index (χ1v) is 7.24. The average Bonchev–Trinajstić information content (AvgIpc) is 3.08. The highest BCUT2D eigenvalue weighted by atomic mass is 19.4. The Kier molecular flexibility index (Phi) is 4.46. The molecule has 3 aromatic rings. The Hall–Kier alpha value is -3.23. The van der Waals surface area contributed by atoms with Gasteiger partial charge in [-0.3, -0.25) is 4.79 Å². The molecule has 1 heterocycles. The lowest BCUT2D eigenvalue weighted by Crippen LogP contribution is -2.27. The van der Waals surface area contributed by atoms with Gasteiger partial charge in [-0.1, -0.05) is 30.3 Å². The van der Waals surface area contributed by atoms with E-state index in [0.717, 1.165) is 12.1 Å². The van der Waals surface area contributed by atoms with Gasteiger partial charge < -0.3 is 5.32 Å². The molecule has 1 N–H and O–H groups in total. The summed E-state index contributed by atoms with van der Waals surface area (Å²) in [6.07, 6.45) is -4.61. The zero-order chi connectivity index (χ0) is 17.9. The van der Waals surface area contributed by atoms with Gasteiger partial charge in [-0.15, -0.1) is 5.10 Å². The number of carbonyl (C=O) groups is 1. The molecule has 0 fully saturated rings. The van der Waals surface area contributed by atoms with Crippen LogP contribution in [0, 0.1) is 0 Å². The van der Waals surface area contributed by atoms with Gasteiger partial charge in [-0.05, 0) is 34.7 Å². The van der Waals surface area contributed by atoms with Crippen molar-refractivity contribution in [3.8, 4) is 5.69 Å². The molecule has 9 heteroatoms. The number of benzene rings is 2. The van der Waals surface area contributed by atoms with E-state index in [1.54, 1.807) is 24.3 Å². The monoisotopic (exact) mass is 347 g/mol. The predicted octanol–water partition coefficient (Wildman–Crippen LogP) is 2.61. The minimum absolute atomic E-state index is 0.118. The summed E-state index contributed by atoms with van der Waals surface area (Å²) < 4.78 is 40.4. The molecule has 1 amide bonds. The van der Waals surface area contributed by atoms with Gasteiger partial charge in [0.1, 0.15) is 0 Å². The second kappa shape index (κ2) is 6.71. The average molecular weight is 347 g/mol. The fourth-order valence-electron chi connectivity index (χ4n) is 2.27. The smallest absolute Gasteiger partial charge is 0.345 e. The lowest BCUT2D eigenvalue weighted by Gasteiger charge is -2.12. The van der Waals surface area contributed by atoms with Gasteiger partial charge in [-0.25, -0.2) is 0 Å². The maximum atomic E-state index is 13.0. The molecule has 25 heavy (non-hydrogen) atoms. The van der Waals surface area contributed by atoms with Crippen molar-refractivity contribution in [2.24, 2.45) is 0 Å². The minimum Gasteiger partial charge on any atom is -0.345 e. The van der Waals surface area contributed by atoms with Crippen molar-refractivity contribution in [3.63, 3.8) is 0 Å². The Morgan fingerprint density at radius 3 is 2.44 bits per heavy atom. The number of hydrogen-bond acceptors (Lipinski definition) is 4. The summed E-state index contributed by atoms with van der Waals surface area (Å²) in [5, 5.41) is 13.6. The molecule has 0 aliphatic heterocycles. The maximum absolute atomic E-state index is 13.0. The van der Waals surface area contributed by atoms with Crippen molar-refractivity contribution in [1.82, 2.24) is 25.5 Å². The highest BCUT2D eigenvalue weighted by Gasteiger charge is 2.34. The number of alkyl halides is 3.